The minimum Gasteiger partial charge on any atom is -0.399 e. The Hall–Kier alpha value is -1.42. The van der Waals surface area contributed by atoms with Crippen LogP contribution in [0.25, 0.3) is 0 Å². The van der Waals surface area contributed by atoms with Crippen LogP contribution >= 0.6 is 11.6 Å². The van der Waals surface area contributed by atoms with Crippen LogP contribution in [-0.4, -0.2) is 25.5 Å². The molecule has 3 N–H and O–H groups in total. The third kappa shape index (κ3) is 2.31. The molecular weight excluding hydrogens is 238 g/mol. The van der Waals surface area contributed by atoms with E-state index in [2.05, 4.69) is 5.32 Å². The maximum absolute atomic E-state index is 11.8. The summed E-state index contributed by atoms with van der Waals surface area (Å²) in [4.78, 5) is 13.8. The average Bonchev–Trinajstić information content (AvgIpc) is 2.77. The van der Waals surface area contributed by atoms with Crippen LogP contribution in [-0.2, 0) is 4.79 Å². The first-order valence-corrected chi connectivity index (χ1v) is 6.04. The number of nitrogens with two attached hydrogens (primary N) is 1. The third-order valence-corrected chi connectivity index (χ3v) is 3.39. The Kier molecular flexibility index (Phi) is 3.43. The summed E-state index contributed by atoms with van der Waals surface area (Å²) in [5.74, 6) is 0.0374. The van der Waals surface area contributed by atoms with Crippen molar-refractivity contribution in [2.24, 2.45) is 0 Å². The van der Waals surface area contributed by atoms with Crippen LogP contribution in [0.3, 0.4) is 0 Å². The van der Waals surface area contributed by atoms with Crippen molar-refractivity contribution < 1.29 is 4.79 Å². The first-order chi connectivity index (χ1) is 8.13. The molecule has 92 valence electrons. The van der Waals surface area contributed by atoms with Crippen molar-refractivity contribution in [3.8, 4) is 0 Å². The molecule has 1 aromatic rings. The van der Waals surface area contributed by atoms with Crippen LogP contribution < -0.4 is 16.0 Å². The van der Waals surface area contributed by atoms with Crippen molar-refractivity contribution in [1.29, 1.82) is 0 Å². The molecular formula is C12H16ClN3O. The molecule has 0 aromatic heterocycles. The summed E-state index contributed by atoms with van der Waals surface area (Å²) < 4.78 is 0. The van der Waals surface area contributed by atoms with Crippen molar-refractivity contribution in [1.82, 2.24) is 5.32 Å². The molecule has 1 unspecified atom stereocenters. The van der Waals surface area contributed by atoms with E-state index in [-0.39, 0.29) is 11.9 Å². The minimum absolute atomic E-state index is 0.0374. The van der Waals surface area contributed by atoms with Gasteiger partial charge in [-0.15, -0.1) is 0 Å². The van der Waals surface area contributed by atoms with Crippen LogP contribution in [0.4, 0.5) is 11.4 Å². The van der Waals surface area contributed by atoms with E-state index < -0.39 is 0 Å². The van der Waals surface area contributed by atoms with Crippen molar-refractivity contribution in [3.63, 3.8) is 0 Å². The van der Waals surface area contributed by atoms with E-state index in [1.54, 1.807) is 19.2 Å². The predicted molar refractivity (Wildman–Crippen MR) is 70.3 cm³/mol. The lowest BCUT2D eigenvalue weighted by molar-refractivity contribution is -0.121. The van der Waals surface area contributed by atoms with Crippen molar-refractivity contribution in [2.75, 3.05) is 24.2 Å². The zero-order chi connectivity index (χ0) is 12.4. The van der Waals surface area contributed by atoms with Gasteiger partial charge in [-0.2, -0.15) is 0 Å². The molecule has 1 fully saturated rings. The number of halogens is 1. The molecule has 0 radical (unpaired) electrons. The van der Waals surface area contributed by atoms with Gasteiger partial charge in [-0.05, 0) is 31.0 Å². The van der Waals surface area contributed by atoms with E-state index in [0.717, 1.165) is 25.1 Å². The molecule has 1 heterocycles. The number of nitrogens with zero attached hydrogens (tertiary/aromatic N) is 1. The number of carbonyl (C=O) groups is 1. The number of hydrogen-bond acceptors (Lipinski definition) is 3. The third-order valence-electron chi connectivity index (χ3n) is 3.08. The molecule has 1 aromatic carbocycles. The van der Waals surface area contributed by atoms with Crippen LogP contribution in [0.15, 0.2) is 18.2 Å². The number of benzene rings is 1. The van der Waals surface area contributed by atoms with Crippen molar-refractivity contribution in [3.05, 3.63) is 23.2 Å². The van der Waals surface area contributed by atoms with E-state index >= 15 is 0 Å². The second kappa shape index (κ2) is 4.84. The summed E-state index contributed by atoms with van der Waals surface area (Å²) in [7, 11) is 1.66. The van der Waals surface area contributed by atoms with E-state index in [4.69, 9.17) is 17.3 Å². The average molecular weight is 254 g/mol. The zero-order valence-corrected chi connectivity index (χ0v) is 10.5. The maximum Gasteiger partial charge on any atom is 0.242 e. The number of anilines is 2. The number of rotatable bonds is 2. The van der Waals surface area contributed by atoms with Gasteiger partial charge in [0.25, 0.3) is 0 Å². The van der Waals surface area contributed by atoms with E-state index in [0.29, 0.717) is 10.7 Å². The fourth-order valence-corrected chi connectivity index (χ4v) is 2.55. The van der Waals surface area contributed by atoms with Gasteiger partial charge < -0.3 is 16.0 Å². The minimum atomic E-state index is -0.124. The summed E-state index contributed by atoms with van der Waals surface area (Å²) in [5.41, 5.74) is 7.18. The highest BCUT2D eigenvalue weighted by molar-refractivity contribution is 6.33. The topological polar surface area (TPSA) is 58.4 Å². The second-order valence-electron chi connectivity index (χ2n) is 4.18. The fourth-order valence-electron chi connectivity index (χ4n) is 2.25. The molecule has 5 heteroatoms. The molecule has 1 saturated heterocycles. The zero-order valence-electron chi connectivity index (χ0n) is 9.74. The van der Waals surface area contributed by atoms with Gasteiger partial charge in [-0.1, -0.05) is 11.6 Å². The highest BCUT2D eigenvalue weighted by Gasteiger charge is 2.31. The molecule has 1 aliphatic heterocycles. The molecule has 1 atom stereocenters. The lowest BCUT2D eigenvalue weighted by Crippen LogP contribution is -2.42. The predicted octanol–water partition coefficient (Wildman–Crippen LogP) is 1.64. The number of carbonyl (C=O) groups excluding carboxylic acids is 1. The molecule has 0 saturated carbocycles. The highest BCUT2D eigenvalue weighted by Crippen LogP contribution is 2.33. The summed E-state index contributed by atoms with van der Waals surface area (Å²) in [6.07, 6.45) is 1.86. The standard InChI is InChI=1S/C12H16ClN3O/c1-15-12(17)11-3-2-6-16(11)10-5-4-8(14)7-9(10)13/h4-5,7,11H,2-3,6,14H2,1H3,(H,15,17). The smallest absolute Gasteiger partial charge is 0.242 e. The lowest BCUT2D eigenvalue weighted by Gasteiger charge is -2.26. The van der Waals surface area contributed by atoms with E-state index in [1.807, 2.05) is 11.0 Å². The first-order valence-electron chi connectivity index (χ1n) is 5.66. The van der Waals surface area contributed by atoms with Gasteiger partial charge >= 0.3 is 0 Å². The Bertz CT molecular complexity index is 436. The number of nitrogens with one attached hydrogen (secondary N) is 1. The Labute approximate surface area is 106 Å². The highest BCUT2D eigenvalue weighted by atomic mass is 35.5. The lowest BCUT2D eigenvalue weighted by atomic mass is 10.2. The molecule has 0 spiro atoms. The summed E-state index contributed by atoms with van der Waals surface area (Å²) in [5, 5.41) is 3.29. The van der Waals surface area contributed by atoms with Crippen LogP contribution in [0.2, 0.25) is 5.02 Å². The van der Waals surface area contributed by atoms with Gasteiger partial charge in [0, 0.05) is 19.3 Å². The first kappa shape index (κ1) is 12.0. The second-order valence-corrected chi connectivity index (χ2v) is 4.58. The molecule has 0 bridgehead atoms. The van der Waals surface area contributed by atoms with Gasteiger partial charge in [-0.3, -0.25) is 4.79 Å². The maximum atomic E-state index is 11.8. The fraction of sp³-hybridized carbons (Fsp3) is 0.417. The summed E-state index contributed by atoms with van der Waals surface area (Å²) >= 11 is 6.17. The van der Waals surface area contributed by atoms with Gasteiger partial charge in [0.15, 0.2) is 0 Å². The van der Waals surface area contributed by atoms with Crippen LogP contribution in [0.1, 0.15) is 12.8 Å². The van der Waals surface area contributed by atoms with Gasteiger partial charge in [-0.25, -0.2) is 0 Å². The molecule has 0 aliphatic carbocycles. The molecule has 4 nitrogen and oxygen atoms in total. The van der Waals surface area contributed by atoms with Crippen molar-refractivity contribution in [2.45, 2.75) is 18.9 Å². The normalized spacial score (nSPS) is 19.4. The van der Waals surface area contributed by atoms with Gasteiger partial charge in [0.1, 0.15) is 6.04 Å². The molecule has 2 rings (SSSR count). The van der Waals surface area contributed by atoms with Crippen LogP contribution in [0, 0.1) is 0 Å². The monoisotopic (exact) mass is 253 g/mol. The number of likely N-dealkylation sites (N-methyl/N-ethyl adjacent to an activating group) is 1. The Morgan fingerprint density at radius 2 is 2.35 bits per heavy atom. The van der Waals surface area contributed by atoms with E-state index in [1.165, 1.54) is 0 Å². The largest absolute Gasteiger partial charge is 0.399 e. The van der Waals surface area contributed by atoms with Crippen molar-refractivity contribution >= 4 is 28.9 Å². The summed E-state index contributed by atoms with van der Waals surface area (Å²) in [6, 6.07) is 5.27. The Morgan fingerprint density at radius 1 is 1.59 bits per heavy atom. The Morgan fingerprint density at radius 3 is 3.00 bits per heavy atom. The SMILES string of the molecule is CNC(=O)C1CCCN1c1ccc(N)cc1Cl. The van der Waals surface area contributed by atoms with Gasteiger partial charge in [0.05, 0.1) is 10.7 Å². The van der Waals surface area contributed by atoms with Crippen LogP contribution in [0.5, 0.6) is 0 Å². The Balaban J connectivity index is 2.29. The quantitative estimate of drug-likeness (QED) is 0.788. The summed E-state index contributed by atoms with van der Waals surface area (Å²) in [6.45, 7) is 0.849. The molecule has 1 aliphatic rings. The number of nitrogen functional groups attached to an aromatic ring is 1. The number of hydrogen-bond donors (Lipinski definition) is 2. The molecule has 17 heavy (non-hydrogen) atoms. The van der Waals surface area contributed by atoms with E-state index in [9.17, 15) is 4.79 Å². The molecule has 1 amide bonds. The van der Waals surface area contributed by atoms with Gasteiger partial charge in [0.2, 0.25) is 5.91 Å². The number of amides is 1.